The molecule has 0 atom stereocenters. The summed E-state index contributed by atoms with van der Waals surface area (Å²) < 4.78 is 15.4. The van der Waals surface area contributed by atoms with Crippen LogP contribution in [0.25, 0.3) is 40.0 Å². The fourth-order valence-electron chi connectivity index (χ4n) is 5.68. The van der Waals surface area contributed by atoms with Gasteiger partial charge in [-0.1, -0.05) is 64.7 Å². The summed E-state index contributed by atoms with van der Waals surface area (Å²) in [6, 6.07) is 6.70. The van der Waals surface area contributed by atoms with Crippen LogP contribution in [0.4, 0.5) is 0 Å². The van der Waals surface area contributed by atoms with Gasteiger partial charge in [-0.25, -0.2) is 0 Å². The van der Waals surface area contributed by atoms with Crippen molar-refractivity contribution >= 4 is 75.6 Å². The highest BCUT2D eigenvalue weighted by Crippen LogP contribution is 2.53. The number of benzene rings is 1. The second-order valence-electron chi connectivity index (χ2n) is 11.4. The number of ether oxygens (including phenoxy) is 2. The molecule has 4 aromatic heterocycles. The predicted octanol–water partition coefficient (Wildman–Crippen LogP) is 12.1. The van der Waals surface area contributed by atoms with Gasteiger partial charge in [0.1, 0.15) is 12.2 Å². The SMILES string of the molecule is C#CC#CC#COc1c2cc(-c3sc(C)c4cc(CCCCCCCCCCCC)sc34)sc2c(OC#CC#CC#C)c2cc(C)sc12. The zero-order valence-electron chi connectivity index (χ0n) is 27.6. The Hall–Kier alpha value is -4.24. The summed E-state index contributed by atoms with van der Waals surface area (Å²) in [5.41, 5.74) is 0. The molecular formula is C42H36O2S4. The molecule has 0 unspecified atom stereocenters. The van der Waals surface area contributed by atoms with Crippen molar-refractivity contribution < 1.29 is 9.47 Å². The van der Waals surface area contributed by atoms with Crippen molar-refractivity contribution in [1.29, 1.82) is 0 Å². The average Bonchev–Trinajstić information content (AvgIpc) is 3.86. The van der Waals surface area contributed by atoms with Crippen LogP contribution in [0.2, 0.25) is 0 Å². The minimum Gasteiger partial charge on any atom is -0.404 e. The summed E-state index contributed by atoms with van der Waals surface area (Å²) in [6.07, 6.45) is 30.6. The Morgan fingerprint density at radius 2 is 1.17 bits per heavy atom. The third-order valence-corrected chi connectivity index (χ3v) is 12.7. The van der Waals surface area contributed by atoms with E-state index in [1.54, 1.807) is 22.7 Å². The molecule has 0 N–H and O–H groups in total. The molecule has 0 saturated carbocycles. The summed E-state index contributed by atoms with van der Waals surface area (Å²) in [6.45, 7) is 6.56. The topological polar surface area (TPSA) is 18.5 Å². The Morgan fingerprint density at radius 3 is 1.79 bits per heavy atom. The number of hydrogen-bond donors (Lipinski definition) is 0. The fourth-order valence-corrected chi connectivity index (χ4v) is 10.6. The van der Waals surface area contributed by atoms with Crippen molar-refractivity contribution in [3.63, 3.8) is 0 Å². The van der Waals surface area contributed by atoms with E-state index >= 15 is 0 Å². The Bertz CT molecular complexity index is 2150. The van der Waals surface area contributed by atoms with E-state index in [1.807, 2.05) is 22.7 Å². The summed E-state index contributed by atoms with van der Waals surface area (Å²) in [5.74, 6) is 21.6. The Labute approximate surface area is 301 Å². The van der Waals surface area contributed by atoms with Gasteiger partial charge in [-0.05, 0) is 68.6 Å². The molecule has 2 nitrogen and oxygen atoms in total. The highest BCUT2D eigenvalue weighted by molar-refractivity contribution is 7.31. The van der Waals surface area contributed by atoms with E-state index in [4.69, 9.17) is 22.3 Å². The first-order chi connectivity index (χ1) is 23.5. The molecule has 4 heterocycles. The van der Waals surface area contributed by atoms with E-state index in [-0.39, 0.29) is 0 Å². The third kappa shape index (κ3) is 8.61. The molecule has 1 aromatic carbocycles. The van der Waals surface area contributed by atoms with E-state index in [1.165, 1.54) is 88.9 Å². The first-order valence-corrected chi connectivity index (χ1v) is 19.6. The van der Waals surface area contributed by atoms with Crippen LogP contribution in [-0.4, -0.2) is 0 Å². The molecule has 0 aliphatic heterocycles. The van der Waals surface area contributed by atoms with Crippen molar-refractivity contribution in [1.82, 2.24) is 0 Å². The quantitative estimate of drug-likeness (QED) is 0.0848. The van der Waals surface area contributed by atoms with Crippen LogP contribution in [-0.2, 0) is 6.42 Å². The van der Waals surface area contributed by atoms with Crippen LogP contribution in [0.15, 0.2) is 18.2 Å². The first-order valence-electron chi connectivity index (χ1n) is 16.3. The second kappa shape index (κ2) is 17.8. The van der Waals surface area contributed by atoms with Gasteiger partial charge < -0.3 is 9.47 Å². The number of thiophene rings is 4. The number of fused-ring (bicyclic) bond motifs is 3. The molecule has 5 rings (SSSR count). The van der Waals surface area contributed by atoms with Crippen LogP contribution in [0.3, 0.4) is 0 Å². The summed E-state index contributed by atoms with van der Waals surface area (Å²) in [7, 11) is 0. The van der Waals surface area contributed by atoms with Crippen LogP contribution < -0.4 is 9.47 Å². The zero-order chi connectivity index (χ0) is 33.7. The molecule has 0 radical (unpaired) electrons. The Kier molecular flexibility index (Phi) is 13.0. The maximum absolute atomic E-state index is 6.11. The molecule has 0 saturated heterocycles. The van der Waals surface area contributed by atoms with E-state index in [2.05, 4.69) is 98.5 Å². The molecule has 0 spiro atoms. The smallest absolute Gasteiger partial charge is 0.167 e. The van der Waals surface area contributed by atoms with Crippen LogP contribution in [0, 0.1) is 86.3 Å². The number of terminal acetylenes is 2. The summed E-state index contributed by atoms with van der Waals surface area (Å²) in [5, 5.41) is 3.18. The highest BCUT2D eigenvalue weighted by atomic mass is 32.1. The molecule has 48 heavy (non-hydrogen) atoms. The Balaban J connectivity index is 1.45. The van der Waals surface area contributed by atoms with E-state index in [0.717, 1.165) is 36.3 Å². The lowest BCUT2D eigenvalue weighted by Gasteiger charge is -2.06. The highest BCUT2D eigenvalue weighted by Gasteiger charge is 2.24. The minimum absolute atomic E-state index is 0.681. The van der Waals surface area contributed by atoms with Crippen molar-refractivity contribution in [2.24, 2.45) is 0 Å². The maximum Gasteiger partial charge on any atom is 0.167 e. The molecule has 0 aliphatic carbocycles. The summed E-state index contributed by atoms with van der Waals surface area (Å²) >= 11 is 7.08. The molecular weight excluding hydrogens is 665 g/mol. The number of unbranched alkanes of at least 4 members (excludes halogenated alkanes) is 9. The van der Waals surface area contributed by atoms with Crippen molar-refractivity contribution in [3.05, 3.63) is 32.8 Å². The molecule has 5 aromatic rings. The molecule has 0 bridgehead atoms. The van der Waals surface area contributed by atoms with Crippen LogP contribution in [0.1, 0.15) is 85.8 Å². The van der Waals surface area contributed by atoms with E-state index in [9.17, 15) is 0 Å². The average molecular weight is 701 g/mol. The van der Waals surface area contributed by atoms with Crippen LogP contribution in [0.5, 0.6) is 11.5 Å². The lowest BCUT2D eigenvalue weighted by molar-refractivity contribution is 0.525. The zero-order valence-corrected chi connectivity index (χ0v) is 30.9. The molecule has 0 amide bonds. The molecule has 240 valence electrons. The predicted molar refractivity (Wildman–Crippen MR) is 211 cm³/mol. The van der Waals surface area contributed by atoms with Gasteiger partial charge in [0, 0.05) is 59.3 Å². The van der Waals surface area contributed by atoms with Crippen molar-refractivity contribution in [2.45, 2.75) is 91.4 Å². The first kappa shape index (κ1) is 35.1. The van der Waals surface area contributed by atoms with Gasteiger partial charge >= 0.3 is 0 Å². The molecule has 0 aliphatic rings. The fraction of sp³-hybridized carbons (Fsp3) is 0.333. The minimum atomic E-state index is 0.681. The third-order valence-electron chi connectivity index (χ3n) is 7.92. The van der Waals surface area contributed by atoms with Crippen molar-refractivity contribution in [3.8, 4) is 93.7 Å². The number of rotatable bonds is 14. The van der Waals surface area contributed by atoms with Gasteiger partial charge in [-0.3, -0.25) is 0 Å². The van der Waals surface area contributed by atoms with Gasteiger partial charge in [0.2, 0.25) is 0 Å². The largest absolute Gasteiger partial charge is 0.404 e. The van der Waals surface area contributed by atoms with Gasteiger partial charge in [0.25, 0.3) is 0 Å². The number of hydrogen-bond acceptors (Lipinski definition) is 6. The lowest BCUT2D eigenvalue weighted by atomic mass is 10.1. The summed E-state index contributed by atoms with van der Waals surface area (Å²) in [4.78, 5) is 6.35. The van der Waals surface area contributed by atoms with Crippen LogP contribution >= 0.6 is 45.3 Å². The maximum atomic E-state index is 6.11. The standard InChI is InChI=1S/C42H36O2S4/c1-6-9-12-15-16-17-18-19-20-21-24-32-28-33-31(5)46-42(41(33)47-32)36-29-35-38(44-26-23-14-11-8-3)39-34(27-30(4)45-39)37(40(35)48-36)43-25-22-13-10-7-2/h2-3,27-29H,6,9,12,15-21,24H2,1,4-5H3. The second-order valence-corrected chi connectivity index (χ2v) is 16.1. The Morgan fingerprint density at radius 1 is 0.583 bits per heavy atom. The van der Waals surface area contributed by atoms with E-state index in [0.29, 0.717) is 11.5 Å². The van der Waals surface area contributed by atoms with Gasteiger partial charge in [-0.15, -0.1) is 58.2 Å². The van der Waals surface area contributed by atoms with E-state index < -0.39 is 0 Å². The van der Waals surface area contributed by atoms with Gasteiger partial charge in [0.05, 0.1) is 19.0 Å². The molecule has 6 heteroatoms. The number of aryl methyl sites for hydroxylation is 3. The monoisotopic (exact) mass is 700 g/mol. The lowest BCUT2D eigenvalue weighted by Crippen LogP contribution is -1.88. The van der Waals surface area contributed by atoms with Gasteiger partial charge in [-0.2, -0.15) is 0 Å². The van der Waals surface area contributed by atoms with Crippen molar-refractivity contribution in [2.75, 3.05) is 0 Å². The normalized spacial score (nSPS) is 10.2. The molecule has 0 fully saturated rings. The van der Waals surface area contributed by atoms with Gasteiger partial charge in [0.15, 0.2) is 11.5 Å².